The molecule has 0 amide bonds. The second kappa shape index (κ2) is 7.63. The fourth-order valence-corrected chi connectivity index (χ4v) is 2.76. The molecule has 0 heterocycles. The standard InChI is InChI=1S/C15H32S/c1-14(2,3)11-9-7-8-10-12-16-13-15(4,5)6/h7-13H2,1-6H3. The van der Waals surface area contributed by atoms with E-state index in [9.17, 15) is 0 Å². The Hall–Kier alpha value is 0.350. The zero-order chi connectivity index (χ0) is 12.7. The molecule has 0 nitrogen and oxygen atoms in total. The minimum Gasteiger partial charge on any atom is -0.161 e. The van der Waals surface area contributed by atoms with Crippen LogP contribution in [0.2, 0.25) is 0 Å². The van der Waals surface area contributed by atoms with Crippen LogP contribution in [0.5, 0.6) is 0 Å². The molecule has 0 rings (SSSR count). The quantitative estimate of drug-likeness (QED) is 0.513. The summed E-state index contributed by atoms with van der Waals surface area (Å²) in [6.07, 6.45) is 7.04. The topological polar surface area (TPSA) is 0 Å². The lowest BCUT2D eigenvalue weighted by Crippen LogP contribution is -2.08. The smallest absolute Gasteiger partial charge is 0.00187 e. The molecule has 0 bridgehead atoms. The number of thioether (sulfide) groups is 1. The first-order chi connectivity index (χ1) is 7.21. The highest BCUT2D eigenvalue weighted by Crippen LogP contribution is 2.23. The summed E-state index contributed by atoms with van der Waals surface area (Å²) < 4.78 is 0. The van der Waals surface area contributed by atoms with Gasteiger partial charge in [0.2, 0.25) is 0 Å². The Morgan fingerprint density at radius 1 is 0.688 bits per heavy atom. The van der Waals surface area contributed by atoms with E-state index in [0.29, 0.717) is 10.8 Å². The molecule has 0 aliphatic rings. The second-order valence-corrected chi connectivity index (χ2v) is 8.44. The maximum absolute atomic E-state index is 2.34. The highest BCUT2D eigenvalue weighted by atomic mass is 32.2. The lowest BCUT2D eigenvalue weighted by Gasteiger charge is -2.18. The van der Waals surface area contributed by atoms with Crippen molar-refractivity contribution in [3.8, 4) is 0 Å². The van der Waals surface area contributed by atoms with Crippen LogP contribution in [-0.4, -0.2) is 11.5 Å². The molecule has 0 saturated carbocycles. The van der Waals surface area contributed by atoms with Gasteiger partial charge in [-0.25, -0.2) is 0 Å². The van der Waals surface area contributed by atoms with Crippen molar-refractivity contribution in [3.05, 3.63) is 0 Å². The van der Waals surface area contributed by atoms with Crippen molar-refractivity contribution in [1.82, 2.24) is 0 Å². The Morgan fingerprint density at radius 2 is 1.25 bits per heavy atom. The molecule has 0 atom stereocenters. The van der Waals surface area contributed by atoms with Gasteiger partial charge >= 0.3 is 0 Å². The molecule has 0 unspecified atom stereocenters. The summed E-state index contributed by atoms with van der Waals surface area (Å²) in [4.78, 5) is 0. The van der Waals surface area contributed by atoms with Gasteiger partial charge < -0.3 is 0 Å². The van der Waals surface area contributed by atoms with Crippen LogP contribution in [0.1, 0.15) is 73.6 Å². The summed E-state index contributed by atoms with van der Waals surface area (Å²) in [6, 6.07) is 0. The lowest BCUT2D eigenvalue weighted by atomic mass is 9.89. The summed E-state index contributed by atoms with van der Waals surface area (Å²) in [5.74, 6) is 2.65. The molecule has 0 N–H and O–H groups in total. The van der Waals surface area contributed by atoms with Crippen LogP contribution in [-0.2, 0) is 0 Å². The third-order valence-corrected chi connectivity index (χ3v) is 4.15. The predicted octanol–water partition coefficient (Wildman–Crippen LogP) is 5.76. The second-order valence-electron chi connectivity index (χ2n) is 7.34. The molecular weight excluding hydrogens is 212 g/mol. The molecule has 1 heteroatoms. The Labute approximate surface area is 108 Å². The van der Waals surface area contributed by atoms with E-state index in [4.69, 9.17) is 0 Å². The van der Waals surface area contributed by atoms with Crippen molar-refractivity contribution < 1.29 is 0 Å². The van der Waals surface area contributed by atoms with Crippen LogP contribution in [0, 0.1) is 10.8 Å². The van der Waals surface area contributed by atoms with Crippen LogP contribution in [0.15, 0.2) is 0 Å². The molecule has 0 fully saturated rings. The first-order valence-electron chi connectivity index (χ1n) is 6.78. The molecule has 0 aromatic heterocycles. The third-order valence-electron chi connectivity index (χ3n) is 2.50. The molecule has 0 aliphatic heterocycles. The molecule has 0 aromatic carbocycles. The number of unbranched alkanes of at least 4 members (excludes halogenated alkanes) is 3. The third kappa shape index (κ3) is 14.4. The van der Waals surface area contributed by atoms with Gasteiger partial charge in [-0.15, -0.1) is 0 Å². The monoisotopic (exact) mass is 244 g/mol. The van der Waals surface area contributed by atoms with Crippen molar-refractivity contribution in [2.24, 2.45) is 10.8 Å². The Kier molecular flexibility index (Phi) is 7.80. The van der Waals surface area contributed by atoms with Crippen molar-refractivity contribution in [3.63, 3.8) is 0 Å². The van der Waals surface area contributed by atoms with Gasteiger partial charge in [-0.1, -0.05) is 60.8 Å². The van der Waals surface area contributed by atoms with Crippen molar-refractivity contribution in [1.29, 1.82) is 0 Å². The van der Waals surface area contributed by atoms with Gasteiger partial charge in [0.05, 0.1) is 0 Å². The maximum atomic E-state index is 2.34. The van der Waals surface area contributed by atoms with Gasteiger partial charge in [-0.05, 0) is 35.2 Å². The fraction of sp³-hybridized carbons (Fsp3) is 1.00. The molecule has 0 aromatic rings. The van der Waals surface area contributed by atoms with Crippen molar-refractivity contribution in [2.75, 3.05) is 11.5 Å². The summed E-state index contributed by atoms with van der Waals surface area (Å²) >= 11 is 2.12. The fourth-order valence-electron chi connectivity index (χ4n) is 1.59. The first-order valence-corrected chi connectivity index (χ1v) is 7.94. The molecule has 0 spiro atoms. The van der Waals surface area contributed by atoms with E-state index in [1.54, 1.807) is 0 Å². The number of hydrogen-bond acceptors (Lipinski definition) is 1. The molecule has 16 heavy (non-hydrogen) atoms. The average molecular weight is 244 g/mol. The van der Waals surface area contributed by atoms with Gasteiger partial charge in [0.15, 0.2) is 0 Å². The van der Waals surface area contributed by atoms with Crippen molar-refractivity contribution >= 4 is 11.8 Å². The van der Waals surface area contributed by atoms with Gasteiger partial charge in [-0.3, -0.25) is 0 Å². The normalized spacial score (nSPS) is 13.1. The zero-order valence-electron chi connectivity index (χ0n) is 12.4. The highest BCUT2D eigenvalue weighted by Gasteiger charge is 2.10. The van der Waals surface area contributed by atoms with Crippen LogP contribution >= 0.6 is 11.8 Å². The zero-order valence-corrected chi connectivity index (χ0v) is 13.2. The molecule has 0 radical (unpaired) electrons. The van der Waals surface area contributed by atoms with E-state index in [1.807, 2.05) is 0 Å². The van der Waals surface area contributed by atoms with Gasteiger partial charge in [0.1, 0.15) is 0 Å². The van der Waals surface area contributed by atoms with Crippen molar-refractivity contribution in [2.45, 2.75) is 73.6 Å². The summed E-state index contributed by atoms with van der Waals surface area (Å²) in [5, 5.41) is 0. The van der Waals surface area contributed by atoms with Gasteiger partial charge in [0, 0.05) is 0 Å². The van der Waals surface area contributed by atoms with E-state index in [2.05, 4.69) is 53.3 Å². The highest BCUT2D eigenvalue weighted by molar-refractivity contribution is 7.99. The summed E-state index contributed by atoms with van der Waals surface area (Å²) in [5.41, 5.74) is 1.03. The Morgan fingerprint density at radius 3 is 1.75 bits per heavy atom. The van der Waals surface area contributed by atoms with Gasteiger partial charge in [-0.2, -0.15) is 11.8 Å². The summed E-state index contributed by atoms with van der Waals surface area (Å²) in [7, 11) is 0. The molecule has 0 aliphatic carbocycles. The average Bonchev–Trinajstić information content (AvgIpc) is 2.06. The van der Waals surface area contributed by atoms with Gasteiger partial charge in [0.25, 0.3) is 0 Å². The number of hydrogen-bond donors (Lipinski definition) is 0. The number of rotatable bonds is 7. The van der Waals surface area contributed by atoms with Crippen LogP contribution in [0.3, 0.4) is 0 Å². The predicted molar refractivity (Wildman–Crippen MR) is 79.3 cm³/mol. The molecule has 98 valence electrons. The summed E-state index contributed by atoms with van der Waals surface area (Å²) in [6.45, 7) is 14.0. The maximum Gasteiger partial charge on any atom is -0.00187 e. The van der Waals surface area contributed by atoms with E-state index in [0.717, 1.165) is 0 Å². The van der Waals surface area contributed by atoms with Crippen LogP contribution in [0.25, 0.3) is 0 Å². The SMILES string of the molecule is CC(C)(C)CCCCCCSCC(C)(C)C. The van der Waals surface area contributed by atoms with E-state index < -0.39 is 0 Å². The Bertz CT molecular complexity index is 139. The minimum absolute atomic E-state index is 0.497. The van der Waals surface area contributed by atoms with E-state index in [-0.39, 0.29) is 0 Å². The largest absolute Gasteiger partial charge is 0.161 e. The van der Waals surface area contributed by atoms with Crippen LogP contribution in [0.4, 0.5) is 0 Å². The lowest BCUT2D eigenvalue weighted by molar-refractivity contribution is 0.358. The van der Waals surface area contributed by atoms with E-state index in [1.165, 1.54) is 43.6 Å². The molecular formula is C15H32S. The van der Waals surface area contributed by atoms with Crippen LogP contribution < -0.4 is 0 Å². The van der Waals surface area contributed by atoms with E-state index >= 15 is 0 Å². The minimum atomic E-state index is 0.497. The first kappa shape index (κ1) is 16.4. The molecule has 0 saturated heterocycles. The Balaban J connectivity index is 3.17.